The molecule has 0 fully saturated rings. The fourth-order valence-corrected chi connectivity index (χ4v) is 3.41. The van der Waals surface area contributed by atoms with Crippen molar-refractivity contribution < 1.29 is 19.0 Å². The van der Waals surface area contributed by atoms with Crippen molar-refractivity contribution in [2.45, 2.75) is 38.4 Å². The first-order valence-electron chi connectivity index (χ1n) is 9.62. The van der Waals surface area contributed by atoms with Crippen LogP contribution < -0.4 is 0 Å². The molecule has 0 aliphatic carbocycles. The number of rotatable bonds is 6. The van der Waals surface area contributed by atoms with Crippen LogP contribution in [0, 0.1) is 17.1 Å². The van der Waals surface area contributed by atoms with Crippen molar-refractivity contribution in [1.29, 1.82) is 5.26 Å². The van der Waals surface area contributed by atoms with Crippen molar-refractivity contribution in [1.82, 2.24) is 4.90 Å². The zero-order chi connectivity index (χ0) is 21.4. The lowest BCUT2D eigenvalue weighted by Crippen LogP contribution is -2.28. The molecule has 5 nitrogen and oxygen atoms in total. The Bertz CT molecular complexity index is 875. The predicted octanol–water partition coefficient (Wildman–Crippen LogP) is 4.29. The van der Waals surface area contributed by atoms with Crippen LogP contribution in [0.5, 0.6) is 0 Å². The van der Waals surface area contributed by atoms with Gasteiger partial charge in [0.25, 0.3) is 0 Å². The number of nitrogens with zero attached hydrogens (tertiary/aromatic N) is 2. The topological polar surface area (TPSA) is 73.6 Å². The molecule has 1 N–H and O–H groups in total. The third kappa shape index (κ3) is 5.63. The van der Waals surface area contributed by atoms with Crippen LogP contribution in [0.1, 0.15) is 48.4 Å². The minimum atomic E-state index is -0.745. The summed E-state index contributed by atoms with van der Waals surface area (Å²) in [6, 6.07) is 14.5. The number of hydrogen-bond acceptors (Lipinski definition) is 4. The summed E-state index contributed by atoms with van der Waals surface area (Å²) in [6.45, 7) is 3.03. The van der Waals surface area contributed by atoms with Crippen LogP contribution >= 0.6 is 0 Å². The second kappa shape index (κ2) is 10.1. The van der Waals surface area contributed by atoms with E-state index in [0.717, 1.165) is 36.1 Å². The van der Waals surface area contributed by atoms with Gasteiger partial charge in [-0.15, -0.1) is 0 Å². The summed E-state index contributed by atoms with van der Waals surface area (Å²) in [5.41, 5.74) is 3.18. The molecule has 0 spiro atoms. The molecular weight excluding hydrogens is 371 g/mol. The standard InChI is InChI=1S/C20H21FN2O.C3H6O2/c1-23(2)11-3-10-20(17-5-7-18(21)8-6-17)19-9-4-15(13-22)12-16(19)14-24-20;1-2-3(4)5/h4-9,12H,3,10-11,14H2,1-2H3;2H2,1H3,(H,4,5). The molecule has 1 aliphatic heterocycles. The lowest BCUT2D eigenvalue weighted by molar-refractivity contribution is -0.136. The number of nitriles is 1. The van der Waals surface area contributed by atoms with Crippen molar-refractivity contribution in [3.05, 3.63) is 70.5 Å². The third-order valence-corrected chi connectivity index (χ3v) is 4.89. The highest BCUT2D eigenvalue weighted by Crippen LogP contribution is 2.45. The van der Waals surface area contributed by atoms with E-state index in [1.165, 1.54) is 12.1 Å². The molecule has 6 heteroatoms. The van der Waals surface area contributed by atoms with Crippen molar-refractivity contribution >= 4 is 5.97 Å². The molecule has 3 rings (SSSR count). The van der Waals surface area contributed by atoms with Crippen LogP contribution in [-0.4, -0.2) is 36.6 Å². The van der Waals surface area contributed by atoms with Gasteiger partial charge in [-0.05, 0) is 74.4 Å². The van der Waals surface area contributed by atoms with Crippen LogP contribution in [0.15, 0.2) is 42.5 Å². The largest absolute Gasteiger partial charge is 0.481 e. The monoisotopic (exact) mass is 398 g/mol. The summed E-state index contributed by atoms with van der Waals surface area (Å²) in [6.07, 6.45) is 2.00. The van der Waals surface area contributed by atoms with Gasteiger partial charge in [-0.25, -0.2) is 4.39 Å². The van der Waals surface area contributed by atoms with E-state index in [0.29, 0.717) is 12.2 Å². The maximum atomic E-state index is 13.4. The van der Waals surface area contributed by atoms with Crippen molar-refractivity contribution in [2.24, 2.45) is 0 Å². The van der Waals surface area contributed by atoms with Gasteiger partial charge in [-0.1, -0.05) is 25.1 Å². The van der Waals surface area contributed by atoms with E-state index in [-0.39, 0.29) is 12.2 Å². The fraction of sp³-hybridized carbons (Fsp3) is 0.391. The number of carbonyl (C=O) groups is 1. The van der Waals surface area contributed by atoms with E-state index >= 15 is 0 Å². The third-order valence-electron chi connectivity index (χ3n) is 4.89. The minimum absolute atomic E-state index is 0.222. The first-order chi connectivity index (χ1) is 13.8. The molecule has 1 atom stereocenters. The van der Waals surface area contributed by atoms with Gasteiger partial charge in [0.15, 0.2) is 0 Å². The summed E-state index contributed by atoms with van der Waals surface area (Å²) >= 11 is 0. The van der Waals surface area contributed by atoms with E-state index in [1.54, 1.807) is 19.1 Å². The molecule has 29 heavy (non-hydrogen) atoms. The average molecular weight is 398 g/mol. The Morgan fingerprint density at radius 3 is 2.48 bits per heavy atom. The highest BCUT2D eigenvalue weighted by molar-refractivity contribution is 5.66. The minimum Gasteiger partial charge on any atom is -0.481 e. The Labute approximate surface area is 171 Å². The predicted molar refractivity (Wildman–Crippen MR) is 109 cm³/mol. The molecule has 1 aliphatic rings. The molecule has 2 aromatic rings. The lowest BCUT2D eigenvalue weighted by Gasteiger charge is -2.31. The molecule has 0 aromatic heterocycles. The Kier molecular flexibility index (Phi) is 7.89. The maximum absolute atomic E-state index is 13.4. The van der Waals surface area contributed by atoms with Gasteiger partial charge in [0, 0.05) is 6.42 Å². The highest BCUT2D eigenvalue weighted by Gasteiger charge is 2.41. The Morgan fingerprint density at radius 2 is 1.93 bits per heavy atom. The SMILES string of the molecule is CCC(=O)O.CN(C)CCCC1(c2ccc(F)cc2)OCc2cc(C#N)ccc21. The first kappa shape index (κ1) is 22.5. The fourth-order valence-electron chi connectivity index (χ4n) is 3.41. The molecule has 0 radical (unpaired) electrons. The van der Waals surface area contributed by atoms with Crippen LogP contribution in [0.2, 0.25) is 0 Å². The number of carboxylic acids is 1. The second-order valence-electron chi connectivity index (χ2n) is 7.26. The number of fused-ring (bicyclic) bond motifs is 1. The van der Waals surface area contributed by atoms with Gasteiger partial charge in [0.1, 0.15) is 11.4 Å². The zero-order valence-corrected chi connectivity index (χ0v) is 17.1. The van der Waals surface area contributed by atoms with Gasteiger partial charge in [0.2, 0.25) is 0 Å². The number of halogens is 1. The maximum Gasteiger partial charge on any atom is 0.303 e. The summed E-state index contributed by atoms with van der Waals surface area (Å²) < 4.78 is 19.6. The number of aliphatic carboxylic acids is 1. The number of hydrogen-bond donors (Lipinski definition) is 1. The van der Waals surface area contributed by atoms with E-state index in [9.17, 15) is 9.18 Å². The van der Waals surface area contributed by atoms with Crippen molar-refractivity contribution in [2.75, 3.05) is 20.6 Å². The van der Waals surface area contributed by atoms with Crippen LogP contribution in [0.3, 0.4) is 0 Å². The van der Waals surface area contributed by atoms with Gasteiger partial charge < -0.3 is 14.7 Å². The summed E-state index contributed by atoms with van der Waals surface area (Å²) in [4.78, 5) is 11.5. The summed E-state index contributed by atoms with van der Waals surface area (Å²) in [5.74, 6) is -0.995. The van der Waals surface area contributed by atoms with Gasteiger partial charge in [-0.2, -0.15) is 5.26 Å². The van der Waals surface area contributed by atoms with E-state index in [2.05, 4.69) is 11.0 Å². The molecule has 0 saturated heterocycles. The van der Waals surface area contributed by atoms with E-state index < -0.39 is 11.6 Å². The molecule has 1 heterocycles. The molecule has 154 valence electrons. The molecule has 2 aromatic carbocycles. The molecule has 1 unspecified atom stereocenters. The van der Waals surface area contributed by atoms with Crippen LogP contribution in [0.4, 0.5) is 4.39 Å². The lowest BCUT2D eigenvalue weighted by atomic mass is 9.81. The Morgan fingerprint density at radius 1 is 1.28 bits per heavy atom. The highest BCUT2D eigenvalue weighted by atomic mass is 19.1. The van der Waals surface area contributed by atoms with Crippen LogP contribution in [0.25, 0.3) is 0 Å². The van der Waals surface area contributed by atoms with E-state index in [4.69, 9.17) is 15.1 Å². The Hall–Kier alpha value is -2.75. The number of benzene rings is 2. The normalized spacial score (nSPS) is 17.2. The molecular formula is C23H27FN2O3. The smallest absolute Gasteiger partial charge is 0.303 e. The first-order valence-corrected chi connectivity index (χ1v) is 9.62. The van der Waals surface area contributed by atoms with Crippen LogP contribution in [-0.2, 0) is 21.7 Å². The van der Waals surface area contributed by atoms with Gasteiger partial charge in [-0.3, -0.25) is 4.79 Å². The quantitative estimate of drug-likeness (QED) is 0.786. The van der Waals surface area contributed by atoms with Gasteiger partial charge >= 0.3 is 5.97 Å². The summed E-state index contributed by atoms with van der Waals surface area (Å²) in [5, 5.41) is 16.8. The number of carboxylic acid groups (broad SMARTS) is 1. The second-order valence-corrected chi connectivity index (χ2v) is 7.26. The number of ether oxygens (including phenoxy) is 1. The molecule has 0 amide bonds. The zero-order valence-electron chi connectivity index (χ0n) is 17.1. The van der Waals surface area contributed by atoms with Gasteiger partial charge in [0.05, 0.1) is 18.2 Å². The summed E-state index contributed by atoms with van der Waals surface area (Å²) in [7, 11) is 4.10. The Balaban J connectivity index is 0.000000537. The van der Waals surface area contributed by atoms with Crippen molar-refractivity contribution in [3.8, 4) is 6.07 Å². The average Bonchev–Trinajstić information content (AvgIpc) is 3.07. The molecule has 0 bridgehead atoms. The van der Waals surface area contributed by atoms with Crippen molar-refractivity contribution in [3.63, 3.8) is 0 Å². The van der Waals surface area contributed by atoms with E-state index in [1.807, 2.05) is 32.3 Å². The molecule has 0 saturated carbocycles.